The summed E-state index contributed by atoms with van der Waals surface area (Å²) < 4.78 is 0. The number of nitrogens with one attached hydrogen (secondary N) is 1. The molecule has 108 valence electrons. The van der Waals surface area contributed by atoms with Gasteiger partial charge in [0, 0.05) is 58.4 Å². The Morgan fingerprint density at radius 2 is 1.44 bits per heavy atom. The molecule has 1 aliphatic rings. The number of hydrogen-bond acceptors (Lipinski definition) is 4. The van der Waals surface area contributed by atoms with Crippen molar-refractivity contribution in [3.8, 4) is 0 Å². The zero-order valence-electron chi connectivity index (χ0n) is 12.8. The molecule has 4 heteroatoms. The van der Waals surface area contributed by atoms with Crippen molar-refractivity contribution >= 4 is 0 Å². The smallest absolute Gasteiger partial charge is 0.0110 e. The summed E-state index contributed by atoms with van der Waals surface area (Å²) in [6, 6.07) is 0.646. The summed E-state index contributed by atoms with van der Waals surface area (Å²) in [6.45, 7) is 14.0. The molecule has 0 aromatic carbocycles. The Labute approximate surface area is 113 Å². The molecule has 0 spiro atoms. The maximum absolute atomic E-state index is 3.58. The van der Waals surface area contributed by atoms with Gasteiger partial charge in [-0.1, -0.05) is 6.92 Å². The van der Waals surface area contributed by atoms with Crippen LogP contribution in [-0.4, -0.2) is 87.2 Å². The van der Waals surface area contributed by atoms with Gasteiger partial charge in [0.15, 0.2) is 0 Å². The summed E-state index contributed by atoms with van der Waals surface area (Å²) in [4.78, 5) is 7.47. The molecule has 1 heterocycles. The van der Waals surface area contributed by atoms with Gasteiger partial charge >= 0.3 is 0 Å². The molecular weight excluding hydrogens is 224 g/mol. The van der Waals surface area contributed by atoms with E-state index < -0.39 is 0 Å². The largest absolute Gasteiger partial charge is 0.313 e. The highest BCUT2D eigenvalue weighted by atomic mass is 15.2. The lowest BCUT2D eigenvalue weighted by Crippen LogP contribution is -2.40. The van der Waals surface area contributed by atoms with Crippen LogP contribution >= 0.6 is 0 Å². The summed E-state index contributed by atoms with van der Waals surface area (Å²) in [5.41, 5.74) is 0. The van der Waals surface area contributed by atoms with Crippen molar-refractivity contribution < 1.29 is 0 Å². The highest BCUT2D eigenvalue weighted by Gasteiger charge is 2.11. The van der Waals surface area contributed by atoms with Crippen molar-refractivity contribution in [2.24, 2.45) is 0 Å². The Hall–Kier alpha value is -0.160. The van der Waals surface area contributed by atoms with Crippen LogP contribution in [0.4, 0.5) is 0 Å². The van der Waals surface area contributed by atoms with Gasteiger partial charge in [-0.25, -0.2) is 0 Å². The van der Waals surface area contributed by atoms with Crippen molar-refractivity contribution in [1.82, 2.24) is 20.0 Å². The molecule has 1 fully saturated rings. The Bertz CT molecular complexity index is 196. The van der Waals surface area contributed by atoms with E-state index in [0.717, 1.165) is 6.54 Å². The van der Waals surface area contributed by atoms with Crippen molar-refractivity contribution in [1.29, 1.82) is 0 Å². The summed E-state index contributed by atoms with van der Waals surface area (Å²) in [5, 5.41) is 3.58. The Balaban J connectivity index is 2.28. The predicted molar refractivity (Wildman–Crippen MR) is 79.2 cm³/mol. The zero-order valence-corrected chi connectivity index (χ0v) is 12.8. The lowest BCUT2D eigenvalue weighted by atomic mass is 10.2. The highest BCUT2D eigenvalue weighted by molar-refractivity contribution is 4.69. The van der Waals surface area contributed by atoms with Crippen LogP contribution in [0.25, 0.3) is 0 Å². The average Bonchev–Trinajstić information content (AvgIpc) is 2.44. The molecule has 0 radical (unpaired) electrons. The summed E-state index contributed by atoms with van der Waals surface area (Å²) in [7, 11) is 4.46. The van der Waals surface area contributed by atoms with Crippen molar-refractivity contribution in [2.45, 2.75) is 26.3 Å². The summed E-state index contributed by atoms with van der Waals surface area (Å²) in [6.07, 6.45) is 1.21. The molecular formula is C14H32N4. The second-order valence-corrected chi connectivity index (χ2v) is 5.71. The third kappa shape index (κ3) is 6.69. The first-order valence-corrected chi connectivity index (χ1v) is 7.44. The molecule has 1 saturated heterocycles. The van der Waals surface area contributed by atoms with Crippen LogP contribution in [-0.2, 0) is 0 Å². The first kappa shape index (κ1) is 15.9. The number of nitrogens with zero attached hydrogens (tertiary/aromatic N) is 3. The summed E-state index contributed by atoms with van der Waals surface area (Å²) >= 11 is 0. The first-order valence-electron chi connectivity index (χ1n) is 7.44. The predicted octanol–water partition coefficient (Wildman–Crippen LogP) is 0.554. The molecule has 0 saturated carbocycles. The topological polar surface area (TPSA) is 21.8 Å². The minimum Gasteiger partial charge on any atom is -0.313 e. The molecule has 0 amide bonds. The molecule has 0 aliphatic carbocycles. The molecule has 0 bridgehead atoms. The van der Waals surface area contributed by atoms with Gasteiger partial charge in [0.05, 0.1) is 0 Å². The molecule has 1 atom stereocenters. The van der Waals surface area contributed by atoms with Gasteiger partial charge in [-0.2, -0.15) is 0 Å². The minimum absolute atomic E-state index is 0.646. The number of hydrogen-bond donors (Lipinski definition) is 1. The van der Waals surface area contributed by atoms with Crippen LogP contribution in [0, 0.1) is 0 Å². The quantitative estimate of drug-likeness (QED) is 0.775. The van der Waals surface area contributed by atoms with Crippen molar-refractivity contribution in [3.05, 3.63) is 0 Å². The molecule has 1 aliphatic heterocycles. The molecule has 0 aromatic rings. The van der Waals surface area contributed by atoms with E-state index in [4.69, 9.17) is 0 Å². The first-order chi connectivity index (χ1) is 8.61. The molecule has 1 unspecified atom stereocenters. The van der Waals surface area contributed by atoms with Crippen LogP contribution in [0.2, 0.25) is 0 Å². The molecule has 1 rings (SSSR count). The van der Waals surface area contributed by atoms with Gasteiger partial charge in [0.2, 0.25) is 0 Å². The Morgan fingerprint density at radius 3 is 1.94 bits per heavy atom. The van der Waals surface area contributed by atoms with Gasteiger partial charge in [-0.15, -0.1) is 0 Å². The van der Waals surface area contributed by atoms with E-state index in [9.17, 15) is 0 Å². The van der Waals surface area contributed by atoms with E-state index in [-0.39, 0.29) is 0 Å². The zero-order chi connectivity index (χ0) is 13.4. The second-order valence-electron chi connectivity index (χ2n) is 5.71. The fourth-order valence-electron chi connectivity index (χ4n) is 2.14. The molecule has 4 nitrogen and oxygen atoms in total. The van der Waals surface area contributed by atoms with Gasteiger partial charge < -0.3 is 15.1 Å². The van der Waals surface area contributed by atoms with Crippen LogP contribution in [0.1, 0.15) is 20.3 Å². The lowest BCUT2D eigenvalue weighted by Gasteiger charge is -2.25. The van der Waals surface area contributed by atoms with Gasteiger partial charge in [-0.3, -0.25) is 4.90 Å². The van der Waals surface area contributed by atoms with Crippen LogP contribution in [0.3, 0.4) is 0 Å². The minimum atomic E-state index is 0.646. The Morgan fingerprint density at radius 1 is 0.944 bits per heavy atom. The van der Waals surface area contributed by atoms with Crippen molar-refractivity contribution in [2.75, 3.05) is 66.5 Å². The van der Waals surface area contributed by atoms with Crippen LogP contribution in [0.5, 0.6) is 0 Å². The van der Waals surface area contributed by atoms with E-state index in [0.29, 0.717) is 6.04 Å². The second kappa shape index (κ2) is 8.86. The van der Waals surface area contributed by atoms with Gasteiger partial charge in [-0.05, 0) is 27.4 Å². The lowest BCUT2D eigenvalue weighted by molar-refractivity contribution is 0.233. The third-order valence-electron chi connectivity index (χ3n) is 3.99. The van der Waals surface area contributed by atoms with E-state index in [1.165, 1.54) is 52.2 Å². The van der Waals surface area contributed by atoms with Crippen LogP contribution < -0.4 is 5.32 Å². The molecule has 18 heavy (non-hydrogen) atoms. The monoisotopic (exact) mass is 256 g/mol. The third-order valence-corrected chi connectivity index (χ3v) is 3.99. The maximum Gasteiger partial charge on any atom is 0.0110 e. The SMILES string of the molecule is CCC(C)NCCN1CCN(C)CCN(C)CC1. The summed E-state index contributed by atoms with van der Waals surface area (Å²) in [5.74, 6) is 0. The molecule has 1 N–H and O–H groups in total. The van der Waals surface area contributed by atoms with E-state index >= 15 is 0 Å². The number of likely N-dealkylation sites (N-methyl/N-ethyl adjacent to an activating group) is 2. The van der Waals surface area contributed by atoms with E-state index in [2.05, 4.69) is 48.0 Å². The van der Waals surface area contributed by atoms with Gasteiger partial charge in [0.1, 0.15) is 0 Å². The highest BCUT2D eigenvalue weighted by Crippen LogP contribution is 1.97. The fourth-order valence-corrected chi connectivity index (χ4v) is 2.14. The number of rotatable bonds is 5. The van der Waals surface area contributed by atoms with E-state index in [1.807, 2.05) is 0 Å². The van der Waals surface area contributed by atoms with E-state index in [1.54, 1.807) is 0 Å². The fraction of sp³-hybridized carbons (Fsp3) is 1.00. The van der Waals surface area contributed by atoms with Crippen LogP contribution in [0.15, 0.2) is 0 Å². The maximum atomic E-state index is 3.58. The average molecular weight is 256 g/mol. The normalized spacial score (nSPS) is 23.3. The van der Waals surface area contributed by atoms with Crippen molar-refractivity contribution in [3.63, 3.8) is 0 Å². The molecule has 0 aromatic heterocycles. The standard InChI is InChI=1S/C14H32N4/c1-5-14(2)15-6-7-18-12-10-16(3)8-9-17(4)11-13-18/h14-15H,5-13H2,1-4H3. The van der Waals surface area contributed by atoms with Gasteiger partial charge in [0.25, 0.3) is 0 Å². The Kier molecular flexibility index (Phi) is 7.82.